The van der Waals surface area contributed by atoms with E-state index in [1.165, 1.54) is 11.3 Å². The van der Waals surface area contributed by atoms with Crippen LogP contribution in [0, 0.1) is 6.92 Å². The second-order valence-corrected chi connectivity index (χ2v) is 6.36. The summed E-state index contributed by atoms with van der Waals surface area (Å²) in [5, 5.41) is 0.717. The third-order valence-electron chi connectivity index (χ3n) is 4.30. The van der Waals surface area contributed by atoms with Gasteiger partial charge in [0.2, 0.25) is 0 Å². The van der Waals surface area contributed by atoms with Crippen molar-refractivity contribution >= 4 is 29.7 Å². The van der Waals surface area contributed by atoms with Crippen LogP contribution in [0.4, 0.5) is 5.69 Å². The Balaban J connectivity index is 0.00000208. The molecule has 0 bridgehead atoms. The van der Waals surface area contributed by atoms with Crippen molar-refractivity contribution in [2.45, 2.75) is 6.92 Å². The Morgan fingerprint density at radius 3 is 2.46 bits per heavy atom. The zero-order chi connectivity index (χ0) is 16.1. The van der Waals surface area contributed by atoms with Crippen LogP contribution in [0.5, 0.6) is 5.75 Å². The Morgan fingerprint density at radius 2 is 1.75 bits per heavy atom. The molecule has 0 saturated carbocycles. The predicted octanol–water partition coefficient (Wildman–Crippen LogP) is 4.27. The maximum absolute atomic E-state index is 5.96. The smallest absolute Gasteiger partial charge is 0.120 e. The summed E-state index contributed by atoms with van der Waals surface area (Å²) >= 11 is 5.96. The summed E-state index contributed by atoms with van der Waals surface area (Å²) in [7, 11) is 0. The molecule has 2 aromatic carbocycles. The number of piperazine rings is 1. The second kappa shape index (κ2) is 9.16. The normalized spacial score (nSPS) is 15.0. The number of hydrogen-bond donors (Lipinski definition) is 0. The van der Waals surface area contributed by atoms with Crippen molar-refractivity contribution in [3.8, 4) is 5.75 Å². The molecule has 0 spiro atoms. The Labute approximate surface area is 155 Å². The fourth-order valence-corrected chi connectivity index (χ4v) is 3.16. The van der Waals surface area contributed by atoms with Crippen LogP contribution in [0.1, 0.15) is 5.56 Å². The van der Waals surface area contributed by atoms with Gasteiger partial charge in [0.15, 0.2) is 0 Å². The van der Waals surface area contributed by atoms with Crippen LogP contribution in [-0.2, 0) is 0 Å². The highest BCUT2D eigenvalue weighted by atomic mass is 35.5. The first-order chi connectivity index (χ1) is 11.2. The zero-order valence-electron chi connectivity index (χ0n) is 14.0. The van der Waals surface area contributed by atoms with Crippen LogP contribution in [0.3, 0.4) is 0 Å². The number of hydrogen-bond acceptors (Lipinski definition) is 3. The number of nitrogens with zero attached hydrogens (tertiary/aromatic N) is 2. The maximum atomic E-state index is 5.96. The highest BCUT2D eigenvalue weighted by Gasteiger charge is 2.17. The molecule has 1 heterocycles. The summed E-state index contributed by atoms with van der Waals surface area (Å²) < 4.78 is 5.78. The number of halogens is 2. The number of benzene rings is 2. The molecule has 24 heavy (non-hydrogen) atoms. The summed E-state index contributed by atoms with van der Waals surface area (Å²) in [6, 6.07) is 16.2. The first-order valence-electron chi connectivity index (χ1n) is 8.14. The van der Waals surface area contributed by atoms with Gasteiger partial charge in [-0.15, -0.1) is 12.4 Å². The molecular formula is C19H24Cl2N2O. The standard InChI is InChI=1S/C19H23ClN2O.ClH/c1-16-5-2-3-8-19(16)22-11-9-21(10-12-22)13-14-23-18-7-4-6-17(20)15-18;/h2-8,15H,9-14H2,1H3;1H. The van der Waals surface area contributed by atoms with E-state index in [4.69, 9.17) is 16.3 Å². The Bertz CT molecular complexity index is 643. The number of para-hydroxylation sites is 1. The third kappa shape index (κ3) is 5.04. The lowest BCUT2D eigenvalue weighted by Crippen LogP contribution is -2.47. The first-order valence-corrected chi connectivity index (χ1v) is 8.51. The average Bonchev–Trinajstić information content (AvgIpc) is 2.56. The van der Waals surface area contributed by atoms with Crippen molar-refractivity contribution in [3.63, 3.8) is 0 Å². The van der Waals surface area contributed by atoms with Gasteiger partial charge in [-0.2, -0.15) is 0 Å². The number of anilines is 1. The predicted molar refractivity (Wildman–Crippen MR) is 104 cm³/mol. The molecule has 2 aromatic rings. The van der Waals surface area contributed by atoms with Gasteiger partial charge in [0, 0.05) is 43.4 Å². The minimum absolute atomic E-state index is 0. The van der Waals surface area contributed by atoms with E-state index in [9.17, 15) is 0 Å². The minimum Gasteiger partial charge on any atom is -0.492 e. The summed E-state index contributed by atoms with van der Waals surface area (Å²) in [6.45, 7) is 8.13. The lowest BCUT2D eigenvalue weighted by molar-refractivity contribution is 0.200. The molecule has 0 amide bonds. The molecule has 0 N–H and O–H groups in total. The molecule has 1 saturated heterocycles. The van der Waals surface area contributed by atoms with Crippen molar-refractivity contribution < 1.29 is 4.74 Å². The van der Waals surface area contributed by atoms with Crippen molar-refractivity contribution in [3.05, 3.63) is 59.1 Å². The van der Waals surface area contributed by atoms with Crippen LogP contribution in [0.25, 0.3) is 0 Å². The topological polar surface area (TPSA) is 15.7 Å². The van der Waals surface area contributed by atoms with Gasteiger partial charge < -0.3 is 9.64 Å². The average molecular weight is 367 g/mol. The first kappa shape index (κ1) is 18.9. The van der Waals surface area contributed by atoms with E-state index in [1.807, 2.05) is 24.3 Å². The highest BCUT2D eigenvalue weighted by molar-refractivity contribution is 6.30. The van der Waals surface area contributed by atoms with E-state index >= 15 is 0 Å². The van der Waals surface area contributed by atoms with Gasteiger partial charge in [0.25, 0.3) is 0 Å². The largest absolute Gasteiger partial charge is 0.492 e. The fraction of sp³-hybridized carbons (Fsp3) is 0.368. The second-order valence-electron chi connectivity index (χ2n) is 5.92. The highest BCUT2D eigenvalue weighted by Crippen LogP contribution is 2.21. The van der Waals surface area contributed by atoms with Crippen molar-refractivity contribution in [2.24, 2.45) is 0 Å². The van der Waals surface area contributed by atoms with Gasteiger partial charge in [-0.3, -0.25) is 4.90 Å². The molecule has 0 atom stereocenters. The molecule has 130 valence electrons. The number of ether oxygens (including phenoxy) is 1. The van der Waals surface area contributed by atoms with Gasteiger partial charge in [-0.25, -0.2) is 0 Å². The Hall–Kier alpha value is -1.42. The lowest BCUT2D eigenvalue weighted by atomic mass is 10.1. The molecule has 0 aliphatic carbocycles. The molecule has 1 aliphatic heterocycles. The van der Waals surface area contributed by atoms with E-state index in [2.05, 4.69) is 41.0 Å². The van der Waals surface area contributed by atoms with E-state index < -0.39 is 0 Å². The van der Waals surface area contributed by atoms with Crippen molar-refractivity contribution in [1.82, 2.24) is 4.90 Å². The quantitative estimate of drug-likeness (QED) is 0.785. The minimum atomic E-state index is 0. The molecule has 0 aromatic heterocycles. The van der Waals surface area contributed by atoms with Crippen molar-refractivity contribution in [2.75, 3.05) is 44.2 Å². The van der Waals surface area contributed by atoms with E-state index in [1.54, 1.807) is 0 Å². The molecule has 3 nitrogen and oxygen atoms in total. The van der Waals surface area contributed by atoms with Crippen LogP contribution in [-0.4, -0.2) is 44.2 Å². The monoisotopic (exact) mass is 366 g/mol. The summed E-state index contributed by atoms with van der Waals surface area (Å²) in [5.41, 5.74) is 2.72. The van der Waals surface area contributed by atoms with Gasteiger partial charge in [0.05, 0.1) is 0 Å². The van der Waals surface area contributed by atoms with Gasteiger partial charge in [-0.05, 0) is 36.8 Å². The lowest BCUT2D eigenvalue weighted by Gasteiger charge is -2.36. The van der Waals surface area contributed by atoms with Gasteiger partial charge >= 0.3 is 0 Å². The Kier molecular flexibility index (Phi) is 7.22. The van der Waals surface area contributed by atoms with E-state index in [0.29, 0.717) is 11.6 Å². The fourth-order valence-electron chi connectivity index (χ4n) is 2.98. The summed E-state index contributed by atoms with van der Waals surface area (Å²) in [5.74, 6) is 0.844. The summed E-state index contributed by atoms with van der Waals surface area (Å²) in [4.78, 5) is 4.93. The molecule has 3 rings (SSSR count). The van der Waals surface area contributed by atoms with E-state index in [0.717, 1.165) is 38.5 Å². The molecule has 5 heteroatoms. The number of rotatable bonds is 5. The molecule has 0 radical (unpaired) electrons. The van der Waals surface area contributed by atoms with Gasteiger partial charge in [-0.1, -0.05) is 35.9 Å². The third-order valence-corrected chi connectivity index (χ3v) is 4.54. The van der Waals surface area contributed by atoms with Crippen LogP contribution < -0.4 is 9.64 Å². The van der Waals surface area contributed by atoms with Crippen LogP contribution >= 0.6 is 24.0 Å². The molecule has 1 fully saturated rings. The van der Waals surface area contributed by atoms with Crippen LogP contribution in [0.2, 0.25) is 5.02 Å². The molecule has 1 aliphatic rings. The Morgan fingerprint density at radius 1 is 1.00 bits per heavy atom. The van der Waals surface area contributed by atoms with Crippen molar-refractivity contribution in [1.29, 1.82) is 0 Å². The zero-order valence-corrected chi connectivity index (χ0v) is 15.5. The van der Waals surface area contributed by atoms with E-state index in [-0.39, 0.29) is 12.4 Å². The SMILES string of the molecule is Cc1ccccc1N1CCN(CCOc2cccc(Cl)c2)CC1.Cl. The van der Waals surface area contributed by atoms with Crippen LogP contribution in [0.15, 0.2) is 48.5 Å². The molecular weight excluding hydrogens is 343 g/mol. The molecule has 0 unspecified atom stereocenters. The number of aryl methyl sites for hydroxylation is 1. The summed E-state index contributed by atoms with van der Waals surface area (Å²) in [6.07, 6.45) is 0. The van der Waals surface area contributed by atoms with Gasteiger partial charge in [0.1, 0.15) is 12.4 Å². The maximum Gasteiger partial charge on any atom is 0.120 e.